The van der Waals surface area contributed by atoms with Crippen LogP contribution in [0, 0.1) is 11.3 Å². The number of thioether (sulfide) groups is 1. The van der Waals surface area contributed by atoms with E-state index in [1.54, 1.807) is 11.8 Å². The lowest BCUT2D eigenvalue weighted by Gasteiger charge is -2.32. The summed E-state index contributed by atoms with van der Waals surface area (Å²) in [6.07, 6.45) is 2.13. The van der Waals surface area contributed by atoms with Gasteiger partial charge in [-0.3, -0.25) is 5.41 Å². The van der Waals surface area contributed by atoms with Gasteiger partial charge in [0.25, 0.3) is 0 Å². The van der Waals surface area contributed by atoms with E-state index in [9.17, 15) is 0 Å². The van der Waals surface area contributed by atoms with Crippen LogP contribution in [0.5, 0.6) is 0 Å². The summed E-state index contributed by atoms with van der Waals surface area (Å²) < 4.78 is 0. The standard InChI is InChI=1S/C14H18ClN3S/c1-9-18(14(16)10-4-6-17-7-5-10)12-3-2-11(15)8-13(12)19-9/h2-3,8-10,16-17H,4-7H2,1H3. The fraction of sp³-hybridized carbons (Fsp3) is 0.500. The Bertz CT molecular complexity index is 499. The fourth-order valence-corrected chi connectivity index (χ4v) is 4.25. The molecule has 2 aliphatic rings. The first-order valence-electron chi connectivity index (χ1n) is 6.71. The number of fused-ring (bicyclic) bond motifs is 1. The van der Waals surface area contributed by atoms with Gasteiger partial charge in [0.15, 0.2) is 0 Å². The third-order valence-electron chi connectivity index (χ3n) is 3.83. The predicted octanol–water partition coefficient (Wildman–Crippen LogP) is 3.57. The topological polar surface area (TPSA) is 39.1 Å². The van der Waals surface area contributed by atoms with Crippen LogP contribution in [0.15, 0.2) is 23.1 Å². The quantitative estimate of drug-likeness (QED) is 0.614. The second-order valence-corrected chi connectivity index (χ2v) is 6.90. The van der Waals surface area contributed by atoms with Crippen LogP contribution in [0.25, 0.3) is 0 Å². The molecule has 5 heteroatoms. The highest BCUT2D eigenvalue weighted by molar-refractivity contribution is 8.00. The van der Waals surface area contributed by atoms with Crippen molar-refractivity contribution in [1.29, 1.82) is 5.41 Å². The zero-order chi connectivity index (χ0) is 13.4. The molecule has 1 aromatic carbocycles. The number of benzene rings is 1. The van der Waals surface area contributed by atoms with Gasteiger partial charge < -0.3 is 10.2 Å². The maximum Gasteiger partial charge on any atom is 0.105 e. The molecular weight excluding hydrogens is 278 g/mol. The minimum Gasteiger partial charge on any atom is -0.317 e. The molecule has 0 aliphatic carbocycles. The van der Waals surface area contributed by atoms with Crippen molar-refractivity contribution in [3.63, 3.8) is 0 Å². The Hall–Kier alpha value is -0.710. The molecule has 1 aromatic rings. The van der Waals surface area contributed by atoms with E-state index in [0.717, 1.165) is 42.5 Å². The summed E-state index contributed by atoms with van der Waals surface area (Å²) in [6, 6.07) is 5.97. The summed E-state index contributed by atoms with van der Waals surface area (Å²) in [5, 5.41) is 13.0. The highest BCUT2D eigenvalue weighted by Gasteiger charge is 2.33. The molecule has 1 saturated heterocycles. The van der Waals surface area contributed by atoms with Crippen molar-refractivity contribution < 1.29 is 0 Å². The molecular formula is C14H18ClN3S. The molecule has 0 saturated carbocycles. The molecule has 2 heterocycles. The van der Waals surface area contributed by atoms with Crippen LogP contribution >= 0.6 is 23.4 Å². The number of halogens is 1. The molecule has 1 unspecified atom stereocenters. The molecule has 0 aromatic heterocycles. The van der Waals surface area contributed by atoms with Crippen LogP contribution in [0.4, 0.5) is 5.69 Å². The van der Waals surface area contributed by atoms with E-state index in [2.05, 4.69) is 17.1 Å². The summed E-state index contributed by atoms with van der Waals surface area (Å²) in [5.41, 5.74) is 1.14. The number of piperidine rings is 1. The van der Waals surface area contributed by atoms with E-state index < -0.39 is 0 Å². The van der Waals surface area contributed by atoms with Gasteiger partial charge in [-0.05, 0) is 51.1 Å². The van der Waals surface area contributed by atoms with Gasteiger partial charge in [0.2, 0.25) is 0 Å². The number of anilines is 1. The van der Waals surface area contributed by atoms with Crippen molar-refractivity contribution in [3.05, 3.63) is 23.2 Å². The van der Waals surface area contributed by atoms with Gasteiger partial charge in [0.1, 0.15) is 5.84 Å². The SMILES string of the molecule is CC1Sc2cc(Cl)ccc2N1C(=N)C1CCNCC1. The Balaban J connectivity index is 1.86. The lowest BCUT2D eigenvalue weighted by atomic mass is 9.96. The van der Waals surface area contributed by atoms with Gasteiger partial charge in [-0.15, -0.1) is 0 Å². The van der Waals surface area contributed by atoms with Crippen molar-refractivity contribution >= 4 is 34.9 Å². The molecule has 1 atom stereocenters. The highest BCUT2D eigenvalue weighted by Crippen LogP contribution is 2.45. The number of nitrogens with zero attached hydrogens (tertiary/aromatic N) is 1. The van der Waals surface area contributed by atoms with Crippen molar-refractivity contribution in [1.82, 2.24) is 5.32 Å². The molecule has 19 heavy (non-hydrogen) atoms. The van der Waals surface area contributed by atoms with E-state index in [0.29, 0.717) is 5.92 Å². The van der Waals surface area contributed by atoms with Gasteiger partial charge in [-0.2, -0.15) is 0 Å². The lowest BCUT2D eigenvalue weighted by molar-refractivity contribution is 0.451. The Morgan fingerprint density at radius 3 is 2.89 bits per heavy atom. The first-order valence-corrected chi connectivity index (χ1v) is 7.97. The first kappa shape index (κ1) is 13.3. The smallest absolute Gasteiger partial charge is 0.105 e. The molecule has 0 amide bonds. The largest absolute Gasteiger partial charge is 0.317 e. The third kappa shape index (κ3) is 2.49. The first-order chi connectivity index (χ1) is 9.16. The van der Waals surface area contributed by atoms with Crippen LogP contribution in [-0.4, -0.2) is 24.3 Å². The van der Waals surface area contributed by atoms with Crippen molar-refractivity contribution in [2.75, 3.05) is 18.0 Å². The average Bonchev–Trinajstić information content (AvgIpc) is 2.74. The van der Waals surface area contributed by atoms with Crippen LogP contribution in [0.2, 0.25) is 5.02 Å². The number of hydrogen-bond acceptors (Lipinski definition) is 3. The predicted molar refractivity (Wildman–Crippen MR) is 82.6 cm³/mol. The van der Waals surface area contributed by atoms with Crippen LogP contribution < -0.4 is 10.2 Å². The maximum absolute atomic E-state index is 8.55. The van der Waals surface area contributed by atoms with Gasteiger partial charge in [-0.25, -0.2) is 0 Å². The van der Waals surface area contributed by atoms with Crippen LogP contribution in [-0.2, 0) is 0 Å². The number of amidine groups is 1. The molecule has 3 rings (SSSR count). The second kappa shape index (κ2) is 5.35. The summed E-state index contributed by atoms with van der Waals surface area (Å²) >= 11 is 7.84. The van der Waals surface area contributed by atoms with Crippen molar-refractivity contribution in [2.24, 2.45) is 5.92 Å². The summed E-state index contributed by atoms with van der Waals surface area (Å²) in [5.74, 6) is 1.15. The molecule has 0 radical (unpaired) electrons. The lowest BCUT2D eigenvalue weighted by Crippen LogP contribution is -2.42. The molecule has 2 aliphatic heterocycles. The minimum absolute atomic E-state index is 0.288. The Kier molecular flexibility index (Phi) is 3.74. The molecule has 0 spiro atoms. The van der Waals surface area contributed by atoms with E-state index >= 15 is 0 Å². The van der Waals surface area contributed by atoms with Gasteiger partial charge in [0.05, 0.1) is 11.1 Å². The summed E-state index contributed by atoms with van der Waals surface area (Å²) in [6.45, 7) is 4.21. The third-order valence-corrected chi connectivity index (χ3v) is 5.20. The highest BCUT2D eigenvalue weighted by atomic mass is 35.5. The van der Waals surface area contributed by atoms with Crippen LogP contribution in [0.3, 0.4) is 0 Å². The van der Waals surface area contributed by atoms with Gasteiger partial charge in [0, 0.05) is 15.8 Å². The normalized spacial score (nSPS) is 23.5. The summed E-state index contributed by atoms with van der Waals surface area (Å²) in [7, 11) is 0. The Labute approximate surface area is 123 Å². The molecule has 1 fully saturated rings. The zero-order valence-corrected chi connectivity index (χ0v) is 12.5. The fourth-order valence-electron chi connectivity index (χ4n) is 2.83. The number of rotatable bonds is 1. The summed E-state index contributed by atoms with van der Waals surface area (Å²) in [4.78, 5) is 3.37. The average molecular weight is 296 g/mol. The molecule has 2 N–H and O–H groups in total. The molecule has 3 nitrogen and oxygen atoms in total. The molecule has 0 bridgehead atoms. The molecule has 102 valence electrons. The maximum atomic E-state index is 8.55. The van der Waals surface area contributed by atoms with Gasteiger partial charge in [-0.1, -0.05) is 23.4 Å². The Morgan fingerprint density at radius 2 is 2.16 bits per heavy atom. The second-order valence-electron chi connectivity index (χ2n) is 5.11. The van der Waals surface area contributed by atoms with Gasteiger partial charge >= 0.3 is 0 Å². The van der Waals surface area contributed by atoms with Crippen LogP contribution in [0.1, 0.15) is 19.8 Å². The van der Waals surface area contributed by atoms with Crippen molar-refractivity contribution in [3.8, 4) is 0 Å². The van der Waals surface area contributed by atoms with E-state index in [1.807, 2.05) is 18.2 Å². The van der Waals surface area contributed by atoms with Crippen molar-refractivity contribution in [2.45, 2.75) is 30.0 Å². The minimum atomic E-state index is 0.288. The van der Waals surface area contributed by atoms with E-state index in [4.69, 9.17) is 17.0 Å². The monoisotopic (exact) mass is 295 g/mol. The Morgan fingerprint density at radius 1 is 1.42 bits per heavy atom. The number of hydrogen-bond donors (Lipinski definition) is 2. The zero-order valence-electron chi connectivity index (χ0n) is 10.9. The van der Waals surface area contributed by atoms with E-state index in [1.165, 1.54) is 4.90 Å². The van der Waals surface area contributed by atoms with E-state index in [-0.39, 0.29) is 5.37 Å². The number of nitrogens with one attached hydrogen (secondary N) is 2.